The monoisotopic (exact) mass is 358 g/mol. The molecule has 0 bridgehead atoms. The summed E-state index contributed by atoms with van der Waals surface area (Å²) >= 11 is 0. The highest BCUT2D eigenvalue weighted by Gasteiger charge is 2.29. The summed E-state index contributed by atoms with van der Waals surface area (Å²) in [5.41, 5.74) is -0.832. The number of hydrogen-bond donors (Lipinski definition) is 1. The van der Waals surface area contributed by atoms with Crippen LogP contribution in [0.3, 0.4) is 0 Å². The molecule has 0 saturated heterocycles. The van der Waals surface area contributed by atoms with E-state index >= 15 is 0 Å². The van der Waals surface area contributed by atoms with E-state index in [1.165, 1.54) is 31.2 Å². The number of pyridine rings is 1. The Morgan fingerprint density at radius 1 is 1.35 bits per heavy atom. The summed E-state index contributed by atoms with van der Waals surface area (Å²) in [7, 11) is 0. The number of aromatic hydroxyl groups is 1. The Kier molecular flexibility index (Phi) is 5.78. The van der Waals surface area contributed by atoms with Crippen molar-refractivity contribution in [3.63, 3.8) is 0 Å². The van der Waals surface area contributed by atoms with Crippen LogP contribution in [0, 0.1) is 24.1 Å². The summed E-state index contributed by atoms with van der Waals surface area (Å²) in [5.74, 6) is -1.17. The molecule has 136 valence electrons. The number of benzene rings is 1. The summed E-state index contributed by atoms with van der Waals surface area (Å²) in [6.07, 6.45) is -0.679. The van der Waals surface area contributed by atoms with Gasteiger partial charge in [0.25, 0.3) is 5.56 Å². The molecule has 0 saturated carbocycles. The average Bonchev–Trinajstić information content (AvgIpc) is 2.61. The highest BCUT2D eigenvalue weighted by molar-refractivity contribution is 6.03. The molecule has 2 rings (SSSR count). The average molecular weight is 358 g/mol. The van der Waals surface area contributed by atoms with Crippen molar-refractivity contribution in [2.75, 3.05) is 0 Å². The number of rotatable bonds is 6. The molecule has 0 fully saturated rings. The fourth-order valence-electron chi connectivity index (χ4n) is 2.70. The molecule has 1 unspecified atom stereocenters. The van der Waals surface area contributed by atoms with E-state index in [0.29, 0.717) is 5.75 Å². The molecule has 0 aliphatic carbocycles. The Labute approximate surface area is 150 Å². The maximum absolute atomic E-state index is 13.0. The summed E-state index contributed by atoms with van der Waals surface area (Å²) in [5, 5.41) is 19.7. The van der Waals surface area contributed by atoms with Crippen LogP contribution in [0.15, 0.2) is 29.1 Å². The molecule has 26 heavy (non-hydrogen) atoms. The molecule has 0 radical (unpaired) electrons. The van der Waals surface area contributed by atoms with Crippen LogP contribution in [0.2, 0.25) is 0 Å². The second-order valence-electron chi connectivity index (χ2n) is 5.69. The smallest absolute Gasteiger partial charge is 0.271 e. The fourth-order valence-corrected chi connectivity index (χ4v) is 2.70. The normalized spacial score (nSPS) is 11.7. The van der Waals surface area contributed by atoms with Crippen molar-refractivity contribution in [2.24, 2.45) is 0 Å². The molecule has 2 aromatic rings. The number of ether oxygens (including phenoxy) is 1. The van der Waals surface area contributed by atoms with E-state index in [-0.39, 0.29) is 29.7 Å². The van der Waals surface area contributed by atoms with Crippen molar-refractivity contribution in [3.8, 4) is 17.7 Å². The molecule has 7 heteroatoms. The van der Waals surface area contributed by atoms with Crippen molar-refractivity contribution in [1.29, 1.82) is 5.26 Å². The van der Waals surface area contributed by atoms with Crippen LogP contribution in [-0.4, -0.2) is 21.6 Å². The van der Waals surface area contributed by atoms with Gasteiger partial charge in [-0.15, -0.1) is 0 Å². The first-order valence-corrected chi connectivity index (χ1v) is 8.18. The van der Waals surface area contributed by atoms with Gasteiger partial charge in [0.15, 0.2) is 6.10 Å². The van der Waals surface area contributed by atoms with Gasteiger partial charge in [-0.2, -0.15) is 5.26 Å². The van der Waals surface area contributed by atoms with Gasteiger partial charge in [0.05, 0.1) is 5.56 Å². The number of carbonyl (C=O) groups excluding carboxylic acids is 1. The van der Waals surface area contributed by atoms with E-state index in [4.69, 9.17) is 4.74 Å². The third-order valence-corrected chi connectivity index (χ3v) is 4.12. The van der Waals surface area contributed by atoms with Crippen molar-refractivity contribution < 1.29 is 19.0 Å². The molecular formula is C19H19FN2O4. The van der Waals surface area contributed by atoms with Gasteiger partial charge in [-0.05, 0) is 50.1 Å². The SMILES string of the molecule is CCC(Oc1ccc(F)cc1)C(=O)c1c(C)c(C#N)c(=O)n(CC)c1O. The largest absolute Gasteiger partial charge is 0.494 e. The van der Waals surface area contributed by atoms with Gasteiger partial charge >= 0.3 is 0 Å². The Bertz CT molecular complexity index is 927. The van der Waals surface area contributed by atoms with Crippen LogP contribution in [0.5, 0.6) is 11.6 Å². The van der Waals surface area contributed by atoms with E-state index < -0.39 is 29.1 Å². The van der Waals surface area contributed by atoms with Crippen molar-refractivity contribution >= 4 is 5.78 Å². The molecule has 0 aliphatic rings. The van der Waals surface area contributed by atoms with Crippen LogP contribution < -0.4 is 10.3 Å². The van der Waals surface area contributed by atoms with Crippen LogP contribution >= 0.6 is 0 Å². The number of ketones is 1. The van der Waals surface area contributed by atoms with E-state index in [2.05, 4.69) is 0 Å². The van der Waals surface area contributed by atoms with Gasteiger partial charge in [0.2, 0.25) is 11.7 Å². The van der Waals surface area contributed by atoms with Crippen LogP contribution in [0.25, 0.3) is 0 Å². The maximum Gasteiger partial charge on any atom is 0.271 e. The third kappa shape index (κ3) is 3.45. The molecule has 6 nitrogen and oxygen atoms in total. The first-order chi connectivity index (χ1) is 12.3. The maximum atomic E-state index is 13.0. The van der Waals surface area contributed by atoms with E-state index in [9.17, 15) is 24.3 Å². The number of Topliss-reactive ketones (excluding diaryl/α,β-unsaturated/α-hetero) is 1. The molecule has 1 aromatic heterocycles. The summed E-state index contributed by atoms with van der Waals surface area (Å²) in [6.45, 7) is 4.89. The number of nitriles is 1. The van der Waals surface area contributed by atoms with Gasteiger partial charge in [-0.1, -0.05) is 6.92 Å². The molecule has 1 N–H and O–H groups in total. The lowest BCUT2D eigenvalue weighted by molar-refractivity contribution is 0.0781. The Morgan fingerprint density at radius 2 is 1.96 bits per heavy atom. The number of hydrogen-bond acceptors (Lipinski definition) is 5. The lowest BCUT2D eigenvalue weighted by Gasteiger charge is -2.20. The van der Waals surface area contributed by atoms with E-state index in [1.54, 1.807) is 19.9 Å². The Morgan fingerprint density at radius 3 is 2.46 bits per heavy atom. The van der Waals surface area contributed by atoms with E-state index in [0.717, 1.165) is 4.57 Å². The molecule has 1 atom stereocenters. The number of aromatic nitrogens is 1. The predicted octanol–water partition coefficient (Wildman–Crippen LogP) is 2.93. The highest BCUT2D eigenvalue weighted by Crippen LogP contribution is 2.25. The van der Waals surface area contributed by atoms with Crippen molar-refractivity contribution in [2.45, 2.75) is 39.8 Å². The fraction of sp³-hybridized carbons (Fsp3) is 0.316. The standard InChI is InChI=1S/C19H19FN2O4/c1-4-15(26-13-8-6-12(20)7-9-13)17(23)16-11(3)14(10-21)18(24)22(5-2)19(16)25/h6-9,15,25H,4-5H2,1-3H3. The minimum atomic E-state index is -0.959. The number of carbonyl (C=O) groups is 1. The quantitative estimate of drug-likeness (QED) is 0.802. The van der Waals surface area contributed by atoms with Crippen LogP contribution in [-0.2, 0) is 6.54 Å². The summed E-state index contributed by atoms with van der Waals surface area (Å²) < 4.78 is 19.6. The minimum absolute atomic E-state index is 0.107. The molecule has 0 amide bonds. The first kappa shape index (κ1) is 19.2. The van der Waals surface area contributed by atoms with Crippen LogP contribution in [0.1, 0.15) is 41.8 Å². The number of halogens is 1. The topological polar surface area (TPSA) is 92.3 Å². The van der Waals surface area contributed by atoms with Gasteiger partial charge in [0, 0.05) is 6.54 Å². The van der Waals surface area contributed by atoms with Crippen LogP contribution in [0.4, 0.5) is 4.39 Å². The molecule has 1 heterocycles. The zero-order chi connectivity index (χ0) is 19.4. The van der Waals surface area contributed by atoms with Gasteiger partial charge in [0.1, 0.15) is 23.2 Å². The molecule has 0 aliphatic heterocycles. The summed E-state index contributed by atoms with van der Waals surface area (Å²) in [4.78, 5) is 25.2. The lowest BCUT2D eigenvalue weighted by atomic mass is 9.97. The lowest BCUT2D eigenvalue weighted by Crippen LogP contribution is -2.31. The molecule has 0 spiro atoms. The van der Waals surface area contributed by atoms with Crippen molar-refractivity contribution in [1.82, 2.24) is 4.57 Å². The Hall–Kier alpha value is -3.14. The summed E-state index contributed by atoms with van der Waals surface area (Å²) in [6, 6.07) is 7.00. The Balaban J connectivity index is 2.51. The first-order valence-electron chi connectivity index (χ1n) is 8.18. The predicted molar refractivity (Wildman–Crippen MR) is 92.9 cm³/mol. The van der Waals surface area contributed by atoms with Gasteiger partial charge in [-0.25, -0.2) is 4.39 Å². The molecule has 1 aromatic carbocycles. The molecular weight excluding hydrogens is 339 g/mol. The van der Waals surface area contributed by atoms with E-state index in [1.807, 2.05) is 0 Å². The minimum Gasteiger partial charge on any atom is -0.494 e. The second kappa shape index (κ2) is 7.83. The second-order valence-corrected chi connectivity index (χ2v) is 5.69. The van der Waals surface area contributed by atoms with Gasteiger partial charge in [-0.3, -0.25) is 14.2 Å². The zero-order valence-electron chi connectivity index (χ0n) is 14.7. The third-order valence-electron chi connectivity index (χ3n) is 4.12. The van der Waals surface area contributed by atoms with Crippen molar-refractivity contribution in [3.05, 3.63) is 57.1 Å². The van der Waals surface area contributed by atoms with Gasteiger partial charge < -0.3 is 9.84 Å². The number of nitrogens with zero attached hydrogens (tertiary/aromatic N) is 2. The highest BCUT2D eigenvalue weighted by atomic mass is 19.1. The zero-order valence-corrected chi connectivity index (χ0v) is 14.7.